The van der Waals surface area contributed by atoms with Gasteiger partial charge >= 0.3 is 0 Å². The molecule has 8 heteroatoms. The Kier molecular flexibility index (Phi) is 12.5. The van der Waals surface area contributed by atoms with Crippen molar-refractivity contribution in [1.82, 2.24) is 9.88 Å². The zero-order valence-electron chi connectivity index (χ0n) is 14.4. The molecule has 0 spiro atoms. The number of unbranched alkanes of at least 4 members (excludes halogenated alkanes) is 3. The molecule has 2 heterocycles. The number of piperazine rings is 1. The summed E-state index contributed by atoms with van der Waals surface area (Å²) in [4.78, 5) is 22.3. The monoisotopic (exact) mass is 396 g/mol. The number of halogens is 2. The molecule has 1 fully saturated rings. The lowest BCUT2D eigenvalue weighted by molar-refractivity contribution is -0.131. The third-order valence-corrected chi connectivity index (χ3v) is 5.34. The van der Waals surface area contributed by atoms with Crippen molar-refractivity contribution < 1.29 is 4.79 Å². The molecule has 1 amide bonds. The predicted molar refractivity (Wildman–Crippen MR) is 107 cm³/mol. The summed E-state index contributed by atoms with van der Waals surface area (Å²) in [5.41, 5.74) is 5.47. The molecule has 0 bridgehead atoms. The summed E-state index contributed by atoms with van der Waals surface area (Å²) in [6.07, 6.45) is 8.01. The first-order valence-corrected chi connectivity index (χ1v) is 9.23. The van der Waals surface area contributed by atoms with Crippen molar-refractivity contribution in [3.63, 3.8) is 0 Å². The van der Waals surface area contributed by atoms with Crippen LogP contribution in [0.5, 0.6) is 0 Å². The summed E-state index contributed by atoms with van der Waals surface area (Å²) in [5.74, 6) is 0.306. The van der Waals surface area contributed by atoms with Gasteiger partial charge in [-0.05, 0) is 25.8 Å². The van der Waals surface area contributed by atoms with E-state index < -0.39 is 0 Å². The Balaban J connectivity index is 0.00000264. The number of rotatable bonds is 8. The third kappa shape index (κ3) is 7.13. The molecule has 140 valence electrons. The van der Waals surface area contributed by atoms with Gasteiger partial charge in [0, 0.05) is 43.7 Å². The van der Waals surface area contributed by atoms with Crippen molar-refractivity contribution in [2.75, 3.05) is 37.6 Å². The van der Waals surface area contributed by atoms with Gasteiger partial charge in [-0.3, -0.25) is 4.79 Å². The number of hydrogen-bond acceptors (Lipinski definition) is 5. The van der Waals surface area contributed by atoms with Crippen molar-refractivity contribution in [1.29, 1.82) is 0 Å². The van der Waals surface area contributed by atoms with Crippen LogP contribution in [0.1, 0.15) is 43.9 Å². The van der Waals surface area contributed by atoms with Crippen LogP contribution < -0.4 is 10.6 Å². The van der Waals surface area contributed by atoms with Crippen molar-refractivity contribution in [3.8, 4) is 0 Å². The predicted octanol–water partition coefficient (Wildman–Crippen LogP) is 3.11. The van der Waals surface area contributed by atoms with Crippen LogP contribution in [0.15, 0.2) is 6.20 Å². The molecule has 0 atom stereocenters. The van der Waals surface area contributed by atoms with Gasteiger partial charge in [0.25, 0.3) is 0 Å². The smallest absolute Gasteiger partial charge is 0.222 e. The molecule has 5 nitrogen and oxygen atoms in total. The highest BCUT2D eigenvalue weighted by Crippen LogP contribution is 2.24. The lowest BCUT2D eigenvalue weighted by Gasteiger charge is -2.34. The van der Waals surface area contributed by atoms with E-state index in [9.17, 15) is 4.79 Å². The Hall–Kier alpha value is -0.560. The quantitative estimate of drug-likeness (QED) is 0.685. The normalized spacial score (nSPS) is 14.1. The van der Waals surface area contributed by atoms with E-state index in [2.05, 4.69) is 16.8 Å². The lowest BCUT2D eigenvalue weighted by atomic mass is 10.1. The van der Waals surface area contributed by atoms with Crippen molar-refractivity contribution >= 4 is 47.2 Å². The Morgan fingerprint density at radius 2 is 1.83 bits per heavy atom. The first-order valence-electron chi connectivity index (χ1n) is 8.42. The maximum absolute atomic E-state index is 12.2. The van der Waals surface area contributed by atoms with Crippen LogP contribution >= 0.6 is 36.2 Å². The topological polar surface area (TPSA) is 62.5 Å². The summed E-state index contributed by atoms with van der Waals surface area (Å²) < 4.78 is 0. The van der Waals surface area contributed by atoms with Crippen LogP contribution in [0.2, 0.25) is 0 Å². The third-order valence-electron chi connectivity index (χ3n) is 4.14. The lowest BCUT2D eigenvalue weighted by Crippen LogP contribution is -2.48. The van der Waals surface area contributed by atoms with Crippen LogP contribution in [0.3, 0.4) is 0 Å². The van der Waals surface area contributed by atoms with Crippen LogP contribution in [0.25, 0.3) is 0 Å². The number of hydrogen-bond donors (Lipinski definition) is 1. The zero-order valence-corrected chi connectivity index (χ0v) is 16.9. The van der Waals surface area contributed by atoms with Gasteiger partial charge in [0.1, 0.15) is 0 Å². The summed E-state index contributed by atoms with van der Waals surface area (Å²) in [6.45, 7) is 6.35. The molecular formula is C16H30Cl2N4OS. The number of thiazole rings is 1. The SMILES string of the molecule is CCc1cnc(N2CCN(C(=O)CCCCCCN)CC2)s1.Cl.Cl. The fraction of sp³-hybridized carbons (Fsp3) is 0.750. The van der Waals surface area contributed by atoms with E-state index in [1.807, 2.05) is 11.1 Å². The summed E-state index contributed by atoms with van der Waals surface area (Å²) >= 11 is 1.77. The van der Waals surface area contributed by atoms with Crippen LogP contribution in [0.4, 0.5) is 5.13 Å². The van der Waals surface area contributed by atoms with Gasteiger partial charge in [-0.25, -0.2) is 4.98 Å². The second-order valence-electron chi connectivity index (χ2n) is 5.78. The van der Waals surface area contributed by atoms with E-state index in [-0.39, 0.29) is 24.8 Å². The fourth-order valence-corrected chi connectivity index (χ4v) is 3.59. The first-order chi connectivity index (χ1) is 10.7. The Bertz CT molecular complexity index is 465. The Labute approximate surface area is 161 Å². The molecule has 1 aliphatic rings. The molecule has 0 aromatic carbocycles. The van der Waals surface area contributed by atoms with Gasteiger partial charge < -0.3 is 15.5 Å². The standard InChI is InChI=1S/C16H28N4OS.2ClH/c1-2-14-13-18-16(22-14)20-11-9-19(10-12-20)15(21)7-5-3-4-6-8-17;;/h13H,2-12,17H2,1H3;2*1H. The van der Waals surface area contributed by atoms with Crippen LogP contribution in [-0.2, 0) is 11.2 Å². The highest BCUT2D eigenvalue weighted by Gasteiger charge is 2.22. The molecule has 2 rings (SSSR count). The Morgan fingerprint density at radius 3 is 2.42 bits per heavy atom. The minimum atomic E-state index is 0. The molecule has 1 aliphatic heterocycles. The maximum atomic E-state index is 12.2. The molecule has 0 unspecified atom stereocenters. The van der Waals surface area contributed by atoms with E-state index in [0.717, 1.165) is 70.0 Å². The van der Waals surface area contributed by atoms with Crippen LogP contribution in [0, 0.1) is 0 Å². The second kappa shape index (κ2) is 12.8. The molecular weight excluding hydrogens is 367 g/mol. The first kappa shape index (κ1) is 23.4. The molecule has 24 heavy (non-hydrogen) atoms. The number of nitrogens with two attached hydrogens (primary N) is 1. The minimum Gasteiger partial charge on any atom is -0.345 e. The fourth-order valence-electron chi connectivity index (χ4n) is 2.69. The number of anilines is 1. The van der Waals surface area contributed by atoms with Crippen molar-refractivity contribution in [2.24, 2.45) is 5.73 Å². The minimum absolute atomic E-state index is 0. The highest BCUT2D eigenvalue weighted by atomic mass is 35.5. The van der Waals surface area contributed by atoms with Crippen molar-refractivity contribution in [3.05, 3.63) is 11.1 Å². The van der Waals surface area contributed by atoms with E-state index in [1.165, 1.54) is 4.88 Å². The molecule has 1 aromatic rings. The Morgan fingerprint density at radius 1 is 1.17 bits per heavy atom. The van der Waals surface area contributed by atoms with Gasteiger partial charge in [0.05, 0.1) is 0 Å². The van der Waals surface area contributed by atoms with Crippen LogP contribution in [-0.4, -0.2) is 48.5 Å². The zero-order chi connectivity index (χ0) is 15.8. The molecule has 0 aliphatic carbocycles. The van der Waals surface area contributed by atoms with Gasteiger partial charge in [-0.2, -0.15) is 0 Å². The molecule has 0 saturated carbocycles. The number of carbonyl (C=O) groups excluding carboxylic acids is 1. The molecule has 1 saturated heterocycles. The summed E-state index contributed by atoms with van der Waals surface area (Å²) in [5, 5.41) is 1.10. The number of aromatic nitrogens is 1. The van der Waals surface area contributed by atoms with E-state index in [4.69, 9.17) is 5.73 Å². The number of carbonyl (C=O) groups is 1. The maximum Gasteiger partial charge on any atom is 0.222 e. The average Bonchev–Trinajstić information content (AvgIpc) is 3.04. The van der Waals surface area contributed by atoms with E-state index >= 15 is 0 Å². The highest BCUT2D eigenvalue weighted by molar-refractivity contribution is 7.15. The van der Waals surface area contributed by atoms with Crippen molar-refractivity contribution in [2.45, 2.75) is 45.4 Å². The van der Waals surface area contributed by atoms with Gasteiger partial charge in [0.15, 0.2) is 5.13 Å². The molecule has 0 radical (unpaired) electrons. The average molecular weight is 397 g/mol. The summed E-state index contributed by atoms with van der Waals surface area (Å²) in [6, 6.07) is 0. The van der Waals surface area contributed by atoms with E-state index in [1.54, 1.807) is 11.3 Å². The molecule has 1 aromatic heterocycles. The number of nitrogens with zero attached hydrogens (tertiary/aromatic N) is 3. The largest absolute Gasteiger partial charge is 0.345 e. The number of amides is 1. The van der Waals surface area contributed by atoms with E-state index in [0.29, 0.717) is 12.3 Å². The van der Waals surface area contributed by atoms with Gasteiger partial charge in [0.2, 0.25) is 5.91 Å². The molecule has 2 N–H and O–H groups in total. The van der Waals surface area contributed by atoms with Gasteiger partial charge in [-0.15, -0.1) is 36.2 Å². The summed E-state index contributed by atoms with van der Waals surface area (Å²) in [7, 11) is 0. The van der Waals surface area contributed by atoms with Gasteiger partial charge in [-0.1, -0.05) is 19.8 Å². The second-order valence-corrected chi connectivity index (χ2v) is 6.88. The number of aryl methyl sites for hydroxylation is 1.